The van der Waals surface area contributed by atoms with Crippen molar-refractivity contribution in [1.82, 2.24) is 9.88 Å². The van der Waals surface area contributed by atoms with Crippen LogP contribution in [0.3, 0.4) is 0 Å². The number of rotatable bonds is 6. The van der Waals surface area contributed by atoms with Crippen LogP contribution in [0.5, 0.6) is 11.5 Å². The summed E-state index contributed by atoms with van der Waals surface area (Å²) in [4.78, 5) is 33.3. The fourth-order valence-electron chi connectivity index (χ4n) is 3.37. The largest absolute Gasteiger partial charge is 0.504 e. The number of aromatic nitrogens is 1. The summed E-state index contributed by atoms with van der Waals surface area (Å²) in [5.41, 5.74) is 1.33. The maximum Gasteiger partial charge on any atom is 0.311 e. The number of piperazine rings is 1. The van der Waals surface area contributed by atoms with Gasteiger partial charge in [0, 0.05) is 49.8 Å². The summed E-state index contributed by atoms with van der Waals surface area (Å²) in [6, 6.07) is 8.38. The fourth-order valence-corrected chi connectivity index (χ4v) is 3.37. The number of hydrogen-bond donors (Lipinski definition) is 1. The molecule has 1 aromatic heterocycles. The molecular weight excluding hydrogens is 382 g/mol. The van der Waals surface area contributed by atoms with Crippen molar-refractivity contribution in [2.24, 2.45) is 5.41 Å². The Morgan fingerprint density at radius 1 is 1.07 bits per heavy atom. The molecule has 2 heterocycles. The van der Waals surface area contributed by atoms with Crippen LogP contribution in [0.2, 0.25) is 0 Å². The second kappa shape index (κ2) is 9.26. The minimum Gasteiger partial charge on any atom is -0.504 e. The Balaban J connectivity index is 1.57. The van der Waals surface area contributed by atoms with Crippen LogP contribution in [0, 0.1) is 5.41 Å². The van der Waals surface area contributed by atoms with E-state index >= 15 is 0 Å². The van der Waals surface area contributed by atoms with E-state index in [2.05, 4.69) is 14.8 Å². The summed E-state index contributed by atoms with van der Waals surface area (Å²) >= 11 is 0. The molecule has 30 heavy (non-hydrogen) atoms. The highest BCUT2D eigenvalue weighted by Crippen LogP contribution is 2.29. The molecule has 0 spiro atoms. The van der Waals surface area contributed by atoms with Crippen LogP contribution in [0.4, 0.5) is 5.69 Å². The SMILES string of the molecule is CC(C)(C)CC(=O)Oc1cc(C(=O)CN2CCN(c3ccncc3)CC2)ccc1O. The molecule has 0 unspecified atom stereocenters. The van der Waals surface area contributed by atoms with Crippen LogP contribution in [-0.4, -0.2) is 59.5 Å². The number of phenolic OH excluding ortho intramolecular Hbond substituents is 1. The molecule has 0 radical (unpaired) electrons. The van der Waals surface area contributed by atoms with E-state index in [1.807, 2.05) is 32.9 Å². The predicted molar refractivity (Wildman–Crippen MR) is 115 cm³/mol. The van der Waals surface area contributed by atoms with Gasteiger partial charge in [0.05, 0.1) is 13.0 Å². The number of esters is 1. The van der Waals surface area contributed by atoms with E-state index in [4.69, 9.17) is 4.74 Å². The Hall–Kier alpha value is -2.93. The van der Waals surface area contributed by atoms with Crippen molar-refractivity contribution >= 4 is 17.4 Å². The van der Waals surface area contributed by atoms with E-state index in [1.165, 1.54) is 12.1 Å². The molecule has 0 saturated carbocycles. The second-order valence-electron chi connectivity index (χ2n) is 8.79. The van der Waals surface area contributed by atoms with Gasteiger partial charge in [0.1, 0.15) is 0 Å². The quantitative estimate of drug-likeness (QED) is 0.444. The fraction of sp³-hybridized carbons (Fsp3) is 0.435. The molecular formula is C23H29N3O4. The number of ketones is 1. The smallest absolute Gasteiger partial charge is 0.311 e. The van der Waals surface area contributed by atoms with Crippen LogP contribution < -0.4 is 9.64 Å². The summed E-state index contributed by atoms with van der Waals surface area (Å²) in [5.74, 6) is -0.632. The molecule has 160 valence electrons. The third kappa shape index (κ3) is 6.03. The van der Waals surface area contributed by atoms with Gasteiger partial charge >= 0.3 is 5.97 Å². The number of nitrogens with zero attached hydrogens (tertiary/aromatic N) is 3. The summed E-state index contributed by atoms with van der Waals surface area (Å²) in [6.07, 6.45) is 3.77. The van der Waals surface area contributed by atoms with Crippen LogP contribution >= 0.6 is 0 Å². The van der Waals surface area contributed by atoms with Crippen molar-refractivity contribution < 1.29 is 19.4 Å². The van der Waals surface area contributed by atoms with Gasteiger partial charge in [0.15, 0.2) is 17.3 Å². The maximum absolute atomic E-state index is 12.8. The Kier molecular flexibility index (Phi) is 6.72. The Morgan fingerprint density at radius 3 is 2.37 bits per heavy atom. The number of pyridine rings is 1. The first-order valence-corrected chi connectivity index (χ1v) is 10.2. The average Bonchev–Trinajstić information content (AvgIpc) is 2.69. The van der Waals surface area contributed by atoms with Gasteiger partial charge in [-0.2, -0.15) is 0 Å². The maximum atomic E-state index is 12.8. The summed E-state index contributed by atoms with van der Waals surface area (Å²) in [7, 11) is 0. The number of carbonyl (C=O) groups excluding carboxylic acids is 2. The highest BCUT2D eigenvalue weighted by Gasteiger charge is 2.22. The molecule has 0 aliphatic carbocycles. The van der Waals surface area contributed by atoms with Crippen LogP contribution in [0.15, 0.2) is 42.7 Å². The molecule has 1 fully saturated rings. The minimum atomic E-state index is -0.436. The zero-order valence-electron chi connectivity index (χ0n) is 17.8. The summed E-state index contributed by atoms with van der Waals surface area (Å²) < 4.78 is 5.30. The van der Waals surface area contributed by atoms with E-state index in [1.54, 1.807) is 18.5 Å². The van der Waals surface area contributed by atoms with Crippen LogP contribution in [-0.2, 0) is 4.79 Å². The number of carbonyl (C=O) groups is 2. The molecule has 1 saturated heterocycles. The van der Waals surface area contributed by atoms with Crippen molar-refractivity contribution in [3.8, 4) is 11.5 Å². The Morgan fingerprint density at radius 2 is 1.73 bits per heavy atom. The van der Waals surface area contributed by atoms with Gasteiger partial charge in [-0.3, -0.25) is 19.5 Å². The topological polar surface area (TPSA) is 83.0 Å². The van der Waals surface area contributed by atoms with Crippen molar-refractivity contribution in [3.05, 3.63) is 48.3 Å². The molecule has 1 aliphatic rings. The van der Waals surface area contributed by atoms with Gasteiger partial charge in [0.25, 0.3) is 0 Å². The molecule has 1 N–H and O–H groups in total. The Labute approximate surface area is 177 Å². The van der Waals surface area contributed by atoms with E-state index in [0.717, 1.165) is 31.9 Å². The average molecular weight is 412 g/mol. The van der Waals surface area contributed by atoms with Gasteiger partial charge in [0.2, 0.25) is 0 Å². The zero-order chi connectivity index (χ0) is 21.7. The first-order valence-electron chi connectivity index (χ1n) is 10.2. The number of ether oxygens (including phenoxy) is 1. The number of phenols is 1. The summed E-state index contributed by atoms with van der Waals surface area (Å²) in [6.45, 7) is 9.31. The molecule has 0 amide bonds. The van der Waals surface area contributed by atoms with Crippen molar-refractivity contribution in [2.75, 3.05) is 37.6 Å². The lowest BCUT2D eigenvalue weighted by atomic mass is 9.92. The predicted octanol–water partition coefficient (Wildman–Crippen LogP) is 3.13. The third-order valence-corrected chi connectivity index (χ3v) is 4.95. The molecule has 1 aromatic carbocycles. The summed E-state index contributed by atoms with van der Waals surface area (Å²) in [5, 5.41) is 10.0. The lowest BCUT2D eigenvalue weighted by molar-refractivity contribution is -0.136. The molecule has 7 heteroatoms. The van der Waals surface area contributed by atoms with Crippen molar-refractivity contribution in [3.63, 3.8) is 0 Å². The standard InChI is InChI=1S/C23H29N3O4/c1-23(2,3)15-22(29)30-21-14-17(4-5-19(21)27)20(28)16-25-10-12-26(13-11-25)18-6-8-24-9-7-18/h4-9,14,27H,10-13,15-16H2,1-3H3. The van der Waals surface area contributed by atoms with E-state index in [9.17, 15) is 14.7 Å². The highest BCUT2D eigenvalue weighted by molar-refractivity contribution is 5.98. The third-order valence-electron chi connectivity index (χ3n) is 4.95. The first-order chi connectivity index (χ1) is 14.2. The minimum absolute atomic E-state index is 0.0256. The van der Waals surface area contributed by atoms with Crippen molar-refractivity contribution in [2.45, 2.75) is 27.2 Å². The number of aromatic hydroxyl groups is 1. The normalized spacial score (nSPS) is 15.1. The molecule has 0 atom stereocenters. The highest BCUT2D eigenvalue weighted by atomic mass is 16.5. The first kappa shape index (κ1) is 21.8. The van der Waals surface area contributed by atoms with E-state index in [-0.39, 0.29) is 35.7 Å². The van der Waals surface area contributed by atoms with Crippen LogP contribution in [0.1, 0.15) is 37.6 Å². The van der Waals surface area contributed by atoms with Gasteiger partial charge in [-0.1, -0.05) is 20.8 Å². The number of hydrogen-bond acceptors (Lipinski definition) is 7. The second-order valence-corrected chi connectivity index (χ2v) is 8.79. The lowest BCUT2D eigenvalue weighted by Crippen LogP contribution is -2.48. The van der Waals surface area contributed by atoms with Gasteiger partial charge in [-0.25, -0.2) is 0 Å². The molecule has 1 aliphatic heterocycles. The molecule has 7 nitrogen and oxygen atoms in total. The Bertz CT molecular complexity index is 885. The molecule has 2 aromatic rings. The van der Waals surface area contributed by atoms with Crippen molar-refractivity contribution in [1.29, 1.82) is 0 Å². The molecule has 3 rings (SSSR count). The van der Waals surface area contributed by atoms with Gasteiger partial charge in [-0.15, -0.1) is 0 Å². The number of Topliss-reactive ketones (excluding diaryl/α,β-unsaturated/α-hetero) is 1. The lowest BCUT2D eigenvalue weighted by Gasteiger charge is -2.35. The number of benzene rings is 1. The van der Waals surface area contributed by atoms with Gasteiger partial charge < -0.3 is 14.7 Å². The zero-order valence-corrected chi connectivity index (χ0v) is 17.8. The molecule has 0 bridgehead atoms. The monoisotopic (exact) mass is 411 g/mol. The van der Waals surface area contributed by atoms with E-state index in [0.29, 0.717) is 5.56 Å². The van der Waals surface area contributed by atoms with Gasteiger partial charge in [-0.05, 0) is 35.7 Å². The van der Waals surface area contributed by atoms with E-state index < -0.39 is 5.97 Å². The van der Waals surface area contributed by atoms with Crippen LogP contribution in [0.25, 0.3) is 0 Å². The number of anilines is 1.